The van der Waals surface area contributed by atoms with Gasteiger partial charge in [0.2, 0.25) is 0 Å². The topological polar surface area (TPSA) is 24.6 Å². The molecule has 2 aliphatic heterocycles. The molecular formula is C78H66BN3O. The number of para-hydroxylation sites is 3. The molecule has 0 unspecified atom stereocenters. The predicted octanol–water partition coefficient (Wildman–Crippen LogP) is 19.7. The number of anilines is 6. The van der Waals surface area contributed by atoms with E-state index >= 15 is 0 Å². The van der Waals surface area contributed by atoms with Gasteiger partial charge in [-0.05, 0) is 146 Å². The van der Waals surface area contributed by atoms with Crippen molar-refractivity contribution in [2.24, 2.45) is 0 Å². The Morgan fingerprint density at radius 2 is 0.952 bits per heavy atom. The molecule has 11 aromatic carbocycles. The molecule has 2 aliphatic rings. The number of fused-ring (bicyclic) bond motifs is 10. The van der Waals surface area contributed by atoms with E-state index in [9.17, 15) is 0 Å². The molecule has 0 spiro atoms. The molecule has 4 nitrogen and oxygen atoms in total. The molecule has 0 amide bonds. The number of rotatable bonds is 9. The number of benzene rings is 11. The van der Waals surface area contributed by atoms with E-state index in [1.165, 1.54) is 117 Å². The fraction of sp³-hybridized carbons (Fsp3) is 0.154. The van der Waals surface area contributed by atoms with Gasteiger partial charge in [0.05, 0.1) is 22.4 Å². The highest BCUT2D eigenvalue weighted by molar-refractivity contribution is 7.00. The number of furan rings is 1. The van der Waals surface area contributed by atoms with Gasteiger partial charge in [-0.1, -0.05) is 219 Å². The number of hydrogen-bond donors (Lipinski definition) is 0. The van der Waals surface area contributed by atoms with Crippen molar-refractivity contribution in [2.75, 3.05) is 9.80 Å². The van der Waals surface area contributed by atoms with Gasteiger partial charge in [-0.2, -0.15) is 0 Å². The van der Waals surface area contributed by atoms with Crippen LogP contribution in [0.4, 0.5) is 34.1 Å². The van der Waals surface area contributed by atoms with Crippen molar-refractivity contribution in [3.63, 3.8) is 0 Å². The second-order valence-corrected chi connectivity index (χ2v) is 25.1. The van der Waals surface area contributed by atoms with Crippen LogP contribution in [0.1, 0.15) is 78.0 Å². The molecule has 0 saturated heterocycles. The summed E-state index contributed by atoms with van der Waals surface area (Å²) < 4.78 is 9.42. The predicted molar refractivity (Wildman–Crippen MR) is 354 cm³/mol. The summed E-state index contributed by atoms with van der Waals surface area (Å²) in [5, 5.41) is 4.79. The molecular weight excluding hydrogens is 1010 g/mol. The third-order valence-corrected chi connectivity index (χ3v) is 17.9. The first-order chi connectivity index (χ1) is 40.4. The van der Waals surface area contributed by atoms with Crippen LogP contribution in [0, 0.1) is 0 Å². The minimum Gasteiger partial charge on any atom is -0.456 e. The normalized spacial score (nSPS) is 13.1. The molecule has 5 heteroatoms. The maximum Gasteiger partial charge on any atom is 0.252 e. The maximum atomic E-state index is 6.93. The standard InChI is InChI=1S/C78H66BN3O/c1-8-9-25-54-42-63-60-34-21-24-37-73(60)83-74(63)49-69(54)81-70-48-57(80-66-35-22-19-32-58(66)59-33-20-23-36-67(59)80)39-40-64(70)79-65-43-53(50-26-13-10-14-27-50)38-41-68(65)82(72-47-56(78(5,6)7)46-71(81)75(72)79)76-61(51-28-15-11-16-29-51)44-55(77(2,3)4)45-62(76)52-30-17-12-18-31-52/h10-24,26-49H,8-9,25H2,1-7H3. The van der Waals surface area contributed by atoms with Crippen LogP contribution in [0.2, 0.25) is 0 Å². The van der Waals surface area contributed by atoms with Crippen molar-refractivity contribution in [3.8, 4) is 39.1 Å². The van der Waals surface area contributed by atoms with Gasteiger partial charge in [0.25, 0.3) is 6.71 Å². The van der Waals surface area contributed by atoms with E-state index in [-0.39, 0.29) is 17.5 Å². The van der Waals surface area contributed by atoms with E-state index in [4.69, 9.17) is 4.42 Å². The molecule has 83 heavy (non-hydrogen) atoms. The summed E-state index contributed by atoms with van der Waals surface area (Å²) in [5.41, 5.74) is 26.8. The first kappa shape index (κ1) is 50.6. The summed E-state index contributed by atoms with van der Waals surface area (Å²) in [6, 6.07) is 89.1. The molecule has 0 saturated carbocycles. The minimum absolute atomic E-state index is 0.134. The Morgan fingerprint density at radius 1 is 0.398 bits per heavy atom. The third kappa shape index (κ3) is 8.26. The third-order valence-electron chi connectivity index (χ3n) is 17.9. The van der Waals surface area contributed by atoms with Crippen molar-refractivity contribution in [3.05, 3.63) is 253 Å². The van der Waals surface area contributed by atoms with Gasteiger partial charge < -0.3 is 18.8 Å². The molecule has 0 bridgehead atoms. The number of unbranched alkanes of at least 4 members (excludes halogenated alkanes) is 1. The Hall–Kier alpha value is -9.32. The van der Waals surface area contributed by atoms with Crippen molar-refractivity contribution in [1.82, 2.24) is 4.57 Å². The van der Waals surface area contributed by atoms with Crippen LogP contribution in [0.3, 0.4) is 0 Å². The lowest BCUT2D eigenvalue weighted by molar-refractivity contribution is 0.590. The van der Waals surface area contributed by atoms with Gasteiger partial charge >= 0.3 is 0 Å². The lowest BCUT2D eigenvalue weighted by Gasteiger charge is -2.46. The van der Waals surface area contributed by atoms with Crippen LogP contribution in [-0.2, 0) is 17.3 Å². The van der Waals surface area contributed by atoms with Gasteiger partial charge in [0.1, 0.15) is 11.2 Å². The quantitative estimate of drug-likeness (QED) is 0.135. The monoisotopic (exact) mass is 1070 g/mol. The summed E-state index contributed by atoms with van der Waals surface area (Å²) in [6.45, 7) is 16.3. The Kier molecular flexibility index (Phi) is 11.8. The second-order valence-electron chi connectivity index (χ2n) is 25.1. The molecule has 0 radical (unpaired) electrons. The van der Waals surface area contributed by atoms with Crippen LogP contribution in [0.25, 0.3) is 82.8 Å². The largest absolute Gasteiger partial charge is 0.456 e. The Morgan fingerprint density at radius 3 is 1.57 bits per heavy atom. The summed E-state index contributed by atoms with van der Waals surface area (Å²) in [6.07, 6.45) is 3.05. The van der Waals surface area contributed by atoms with E-state index in [1.807, 2.05) is 0 Å². The summed E-state index contributed by atoms with van der Waals surface area (Å²) >= 11 is 0. The molecule has 0 aliphatic carbocycles. The first-order valence-electron chi connectivity index (χ1n) is 29.8. The maximum absolute atomic E-state index is 6.93. The number of nitrogens with zero attached hydrogens (tertiary/aromatic N) is 3. The molecule has 15 rings (SSSR count). The highest BCUT2D eigenvalue weighted by Gasteiger charge is 2.46. The van der Waals surface area contributed by atoms with Gasteiger partial charge in [-0.25, -0.2) is 0 Å². The van der Waals surface area contributed by atoms with Crippen molar-refractivity contribution < 1.29 is 4.42 Å². The van der Waals surface area contributed by atoms with Crippen LogP contribution in [0.15, 0.2) is 241 Å². The average molecular weight is 1070 g/mol. The molecule has 402 valence electrons. The van der Waals surface area contributed by atoms with E-state index in [0.29, 0.717) is 0 Å². The van der Waals surface area contributed by atoms with Gasteiger partial charge in [0, 0.05) is 67.2 Å². The Bertz CT molecular complexity index is 4580. The lowest BCUT2D eigenvalue weighted by Crippen LogP contribution is -2.61. The Balaban J connectivity index is 1.11. The summed E-state index contributed by atoms with van der Waals surface area (Å²) in [7, 11) is 0. The van der Waals surface area contributed by atoms with Crippen LogP contribution >= 0.6 is 0 Å². The van der Waals surface area contributed by atoms with Crippen molar-refractivity contribution in [1.29, 1.82) is 0 Å². The molecule has 0 atom stereocenters. The zero-order chi connectivity index (χ0) is 56.3. The second kappa shape index (κ2) is 19.4. The van der Waals surface area contributed by atoms with E-state index < -0.39 is 0 Å². The molecule has 0 fully saturated rings. The summed E-state index contributed by atoms with van der Waals surface area (Å²) in [4.78, 5) is 5.35. The SMILES string of the molecule is CCCCc1cc2c(cc1N1c3cc(-n4c5ccccc5c5ccccc54)ccc3B3c4cc(-c5ccccc5)ccc4N(c4c(-c5ccccc5)cc(C(C)(C)C)cc4-c4ccccc4)c4cc(C(C)(C)C)cc1c43)oc1ccccc12. The summed E-state index contributed by atoms with van der Waals surface area (Å²) in [5.74, 6) is 0. The van der Waals surface area contributed by atoms with Crippen LogP contribution < -0.4 is 26.2 Å². The number of aryl methyl sites for hydroxylation is 1. The fourth-order valence-electron chi connectivity index (χ4n) is 13.6. The van der Waals surface area contributed by atoms with E-state index in [1.54, 1.807) is 0 Å². The van der Waals surface area contributed by atoms with E-state index in [2.05, 4.69) is 299 Å². The highest BCUT2D eigenvalue weighted by Crippen LogP contribution is 2.53. The molecule has 13 aromatic rings. The first-order valence-corrected chi connectivity index (χ1v) is 29.8. The molecule has 2 aromatic heterocycles. The van der Waals surface area contributed by atoms with Gasteiger partial charge in [0.15, 0.2) is 0 Å². The van der Waals surface area contributed by atoms with Crippen molar-refractivity contribution in [2.45, 2.75) is 78.6 Å². The van der Waals surface area contributed by atoms with Gasteiger partial charge in [-0.3, -0.25) is 0 Å². The van der Waals surface area contributed by atoms with Gasteiger partial charge in [-0.15, -0.1) is 0 Å². The minimum atomic E-state index is -0.241. The number of hydrogen-bond acceptors (Lipinski definition) is 3. The van der Waals surface area contributed by atoms with Crippen LogP contribution in [-0.4, -0.2) is 11.3 Å². The lowest BCUT2D eigenvalue weighted by atomic mass is 9.33. The highest BCUT2D eigenvalue weighted by atomic mass is 16.3. The zero-order valence-electron chi connectivity index (χ0n) is 48.5. The Labute approximate surface area is 488 Å². The molecule has 0 N–H and O–H groups in total. The zero-order valence-corrected chi connectivity index (χ0v) is 48.5. The fourth-order valence-corrected chi connectivity index (χ4v) is 13.6. The van der Waals surface area contributed by atoms with Crippen molar-refractivity contribution >= 4 is 101 Å². The molecule has 4 heterocycles. The van der Waals surface area contributed by atoms with Crippen LogP contribution in [0.5, 0.6) is 0 Å². The van der Waals surface area contributed by atoms with E-state index in [0.717, 1.165) is 52.6 Å². The smallest absolute Gasteiger partial charge is 0.252 e. The average Bonchev–Trinajstić information content (AvgIpc) is 1.37. The number of aromatic nitrogens is 1.